The predicted octanol–water partition coefficient (Wildman–Crippen LogP) is 0.0872. The van der Waals surface area contributed by atoms with E-state index in [9.17, 15) is 4.79 Å². The number of amides is 1. The summed E-state index contributed by atoms with van der Waals surface area (Å²) in [4.78, 5) is 15.0. The standard InChI is InChI=1S/C9H16N4O2/c14-6-4-2-1-3-5-10-9(15)8-11-7-12-13-8/h7,14H,1-6H2,(H,10,15)(H,11,12,13). The molecule has 6 nitrogen and oxygen atoms in total. The number of aliphatic hydroxyl groups excluding tert-OH is 1. The van der Waals surface area contributed by atoms with Gasteiger partial charge in [0.2, 0.25) is 5.82 Å². The van der Waals surface area contributed by atoms with Gasteiger partial charge >= 0.3 is 0 Å². The first-order valence-corrected chi connectivity index (χ1v) is 5.09. The van der Waals surface area contributed by atoms with Crippen LogP contribution in [-0.2, 0) is 0 Å². The number of hydrogen-bond acceptors (Lipinski definition) is 4. The van der Waals surface area contributed by atoms with Crippen LogP contribution in [0.1, 0.15) is 36.3 Å². The van der Waals surface area contributed by atoms with Gasteiger partial charge in [0.25, 0.3) is 5.91 Å². The number of aromatic amines is 1. The number of nitrogens with zero attached hydrogens (tertiary/aromatic N) is 2. The summed E-state index contributed by atoms with van der Waals surface area (Å²) < 4.78 is 0. The molecule has 0 fully saturated rings. The largest absolute Gasteiger partial charge is 0.396 e. The smallest absolute Gasteiger partial charge is 0.288 e. The van der Waals surface area contributed by atoms with E-state index in [1.807, 2.05) is 0 Å². The maximum absolute atomic E-state index is 11.3. The number of carbonyl (C=O) groups excluding carboxylic acids is 1. The van der Waals surface area contributed by atoms with Gasteiger partial charge in [-0.3, -0.25) is 9.89 Å². The van der Waals surface area contributed by atoms with Gasteiger partial charge in [-0.15, -0.1) is 0 Å². The molecule has 1 aromatic rings. The van der Waals surface area contributed by atoms with Crippen LogP contribution in [0.3, 0.4) is 0 Å². The number of H-pyrrole nitrogens is 1. The zero-order valence-electron chi connectivity index (χ0n) is 8.57. The monoisotopic (exact) mass is 212 g/mol. The van der Waals surface area contributed by atoms with Crippen molar-refractivity contribution in [3.63, 3.8) is 0 Å². The molecule has 0 unspecified atom stereocenters. The Kier molecular flexibility index (Phi) is 5.39. The normalized spacial score (nSPS) is 10.2. The van der Waals surface area contributed by atoms with E-state index < -0.39 is 0 Å². The molecule has 0 bridgehead atoms. The van der Waals surface area contributed by atoms with Crippen molar-refractivity contribution >= 4 is 5.91 Å². The van der Waals surface area contributed by atoms with Gasteiger partial charge in [-0.25, -0.2) is 4.98 Å². The summed E-state index contributed by atoms with van der Waals surface area (Å²) in [6.45, 7) is 0.870. The predicted molar refractivity (Wildman–Crippen MR) is 54.3 cm³/mol. The Morgan fingerprint density at radius 1 is 1.40 bits per heavy atom. The quantitative estimate of drug-likeness (QED) is 0.558. The number of aliphatic hydroxyl groups is 1. The van der Waals surface area contributed by atoms with Gasteiger partial charge in [0, 0.05) is 13.2 Å². The van der Waals surface area contributed by atoms with Crippen molar-refractivity contribution in [2.45, 2.75) is 25.7 Å². The van der Waals surface area contributed by atoms with Crippen molar-refractivity contribution in [1.29, 1.82) is 0 Å². The number of unbranched alkanes of at least 4 members (excludes halogenated alkanes) is 3. The average Bonchev–Trinajstić information content (AvgIpc) is 2.76. The molecule has 0 saturated heterocycles. The maximum atomic E-state index is 11.3. The summed E-state index contributed by atoms with van der Waals surface area (Å²) in [6, 6.07) is 0. The number of aromatic nitrogens is 3. The lowest BCUT2D eigenvalue weighted by Gasteiger charge is -2.02. The Balaban J connectivity index is 2.03. The zero-order valence-corrected chi connectivity index (χ0v) is 8.57. The van der Waals surface area contributed by atoms with Crippen LogP contribution in [0.5, 0.6) is 0 Å². The molecule has 3 N–H and O–H groups in total. The Morgan fingerprint density at radius 2 is 2.20 bits per heavy atom. The summed E-state index contributed by atoms with van der Waals surface area (Å²) in [5.41, 5.74) is 0. The second-order valence-electron chi connectivity index (χ2n) is 3.23. The summed E-state index contributed by atoms with van der Waals surface area (Å²) in [5.74, 6) is 0.0139. The van der Waals surface area contributed by atoms with Crippen molar-refractivity contribution in [2.75, 3.05) is 13.2 Å². The zero-order chi connectivity index (χ0) is 10.9. The SMILES string of the molecule is O=C(NCCCCCCO)c1ncn[nH]1. The second kappa shape index (κ2) is 6.94. The minimum atomic E-state index is -0.227. The molecule has 1 amide bonds. The molecule has 0 radical (unpaired) electrons. The van der Waals surface area contributed by atoms with E-state index in [-0.39, 0.29) is 18.3 Å². The summed E-state index contributed by atoms with van der Waals surface area (Å²) in [7, 11) is 0. The van der Waals surface area contributed by atoms with Gasteiger partial charge in [0.1, 0.15) is 6.33 Å². The summed E-state index contributed by atoms with van der Waals surface area (Å²) in [5, 5.41) is 17.4. The number of carbonyl (C=O) groups is 1. The molecule has 84 valence electrons. The molecule has 0 saturated carbocycles. The first kappa shape index (κ1) is 11.6. The molecule has 6 heteroatoms. The van der Waals surface area contributed by atoms with Crippen LogP contribution in [0.15, 0.2) is 6.33 Å². The van der Waals surface area contributed by atoms with Crippen LogP contribution in [0.2, 0.25) is 0 Å². The fourth-order valence-electron chi connectivity index (χ4n) is 1.19. The second-order valence-corrected chi connectivity index (χ2v) is 3.23. The third-order valence-electron chi connectivity index (χ3n) is 2.00. The average molecular weight is 212 g/mol. The van der Waals surface area contributed by atoms with Crippen LogP contribution in [0.25, 0.3) is 0 Å². The Hall–Kier alpha value is -1.43. The summed E-state index contributed by atoms with van der Waals surface area (Å²) >= 11 is 0. The molecule has 0 atom stereocenters. The lowest BCUT2D eigenvalue weighted by atomic mass is 10.2. The molecule has 1 heterocycles. The lowest BCUT2D eigenvalue weighted by molar-refractivity contribution is 0.0943. The van der Waals surface area contributed by atoms with Crippen molar-refractivity contribution in [3.05, 3.63) is 12.2 Å². The number of nitrogens with one attached hydrogen (secondary N) is 2. The van der Waals surface area contributed by atoms with E-state index in [0.29, 0.717) is 6.54 Å². The minimum Gasteiger partial charge on any atom is -0.396 e. The Labute approximate surface area is 88.1 Å². The van der Waals surface area contributed by atoms with Crippen LogP contribution < -0.4 is 5.32 Å². The van der Waals surface area contributed by atoms with Crippen molar-refractivity contribution < 1.29 is 9.90 Å². The molecule has 1 aromatic heterocycles. The van der Waals surface area contributed by atoms with Gasteiger partial charge in [0.05, 0.1) is 0 Å². The van der Waals surface area contributed by atoms with E-state index in [1.165, 1.54) is 6.33 Å². The summed E-state index contributed by atoms with van der Waals surface area (Å²) in [6.07, 6.45) is 5.05. The molecule has 0 aliphatic heterocycles. The molecular formula is C9H16N4O2. The van der Waals surface area contributed by atoms with Crippen molar-refractivity contribution in [2.24, 2.45) is 0 Å². The van der Waals surface area contributed by atoms with E-state index >= 15 is 0 Å². The highest BCUT2D eigenvalue weighted by Crippen LogP contribution is 1.97. The third kappa shape index (κ3) is 4.55. The molecule has 0 aliphatic rings. The molecule has 0 aliphatic carbocycles. The Morgan fingerprint density at radius 3 is 2.87 bits per heavy atom. The minimum absolute atomic E-state index is 0.227. The first-order valence-electron chi connectivity index (χ1n) is 5.09. The fraction of sp³-hybridized carbons (Fsp3) is 0.667. The Bertz CT molecular complexity index is 274. The first-order chi connectivity index (χ1) is 7.34. The molecule has 0 aromatic carbocycles. The van der Waals surface area contributed by atoms with Gasteiger partial charge < -0.3 is 10.4 Å². The van der Waals surface area contributed by atoms with Gasteiger partial charge in [-0.1, -0.05) is 12.8 Å². The molecule has 15 heavy (non-hydrogen) atoms. The fourth-order valence-corrected chi connectivity index (χ4v) is 1.19. The third-order valence-corrected chi connectivity index (χ3v) is 2.00. The van der Waals surface area contributed by atoms with Crippen LogP contribution in [0.4, 0.5) is 0 Å². The highest BCUT2D eigenvalue weighted by Gasteiger charge is 2.06. The molecular weight excluding hydrogens is 196 g/mol. The van der Waals surface area contributed by atoms with Crippen molar-refractivity contribution in [1.82, 2.24) is 20.5 Å². The van der Waals surface area contributed by atoms with Gasteiger partial charge in [0.15, 0.2) is 0 Å². The van der Waals surface area contributed by atoms with E-state index in [0.717, 1.165) is 25.7 Å². The van der Waals surface area contributed by atoms with Crippen LogP contribution in [0, 0.1) is 0 Å². The lowest BCUT2D eigenvalue weighted by Crippen LogP contribution is -2.25. The molecule has 1 rings (SSSR count). The number of hydrogen-bond donors (Lipinski definition) is 3. The van der Waals surface area contributed by atoms with Gasteiger partial charge in [-0.2, -0.15) is 5.10 Å². The van der Waals surface area contributed by atoms with Gasteiger partial charge in [-0.05, 0) is 12.8 Å². The van der Waals surface area contributed by atoms with Crippen molar-refractivity contribution in [3.8, 4) is 0 Å². The highest BCUT2D eigenvalue weighted by atomic mass is 16.2. The van der Waals surface area contributed by atoms with E-state index in [1.54, 1.807) is 0 Å². The highest BCUT2D eigenvalue weighted by molar-refractivity contribution is 5.90. The van der Waals surface area contributed by atoms with Crippen LogP contribution >= 0.6 is 0 Å². The van der Waals surface area contributed by atoms with E-state index in [4.69, 9.17) is 5.11 Å². The topological polar surface area (TPSA) is 90.9 Å². The van der Waals surface area contributed by atoms with E-state index in [2.05, 4.69) is 20.5 Å². The molecule has 0 spiro atoms. The van der Waals surface area contributed by atoms with Crippen LogP contribution in [-0.4, -0.2) is 39.3 Å². The maximum Gasteiger partial charge on any atom is 0.288 e. The number of rotatable bonds is 7.